The van der Waals surface area contributed by atoms with E-state index in [1.165, 1.54) is 6.42 Å². The van der Waals surface area contributed by atoms with E-state index in [0.717, 1.165) is 25.2 Å². The summed E-state index contributed by atoms with van der Waals surface area (Å²) in [6.45, 7) is 10.2. The van der Waals surface area contributed by atoms with Crippen LogP contribution in [0.5, 0.6) is 0 Å². The van der Waals surface area contributed by atoms with Crippen molar-refractivity contribution in [1.82, 2.24) is 0 Å². The van der Waals surface area contributed by atoms with Crippen LogP contribution in [0.25, 0.3) is 0 Å². The maximum Gasteiger partial charge on any atom is 0.321 e. The van der Waals surface area contributed by atoms with Crippen LogP contribution in [0.3, 0.4) is 0 Å². The first-order chi connectivity index (χ1) is 5.74. The Labute approximate surface area is 78.1 Å². The van der Waals surface area contributed by atoms with E-state index in [0.29, 0.717) is 0 Å². The molecular formula is C9H22O2Si. The predicted octanol–water partition coefficient (Wildman–Crippen LogP) is 2.33. The summed E-state index contributed by atoms with van der Waals surface area (Å²) in [4.78, 5) is 0. The normalized spacial score (nSPS) is 13.8. The molecule has 0 saturated heterocycles. The predicted molar refractivity (Wildman–Crippen MR) is 54.7 cm³/mol. The van der Waals surface area contributed by atoms with Crippen LogP contribution in [0.15, 0.2) is 0 Å². The largest absolute Gasteiger partial charge is 0.397 e. The van der Waals surface area contributed by atoms with Crippen molar-refractivity contribution >= 4 is 9.28 Å². The summed E-state index contributed by atoms with van der Waals surface area (Å²) in [5.74, 6) is 0.750. The van der Waals surface area contributed by atoms with Gasteiger partial charge in [0.25, 0.3) is 0 Å². The highest BCUT2D eigenvalue weighted by atomic mass is 28.3. The molecule has 0 aromatic carbocycles. The molecule has 0 rings (SSSR count). The van der Waals surface area contributed by atoms with Gasteiger partial charge in [-0.05, 0) is 25.8 Å². The van der Waals surface area contributed by atoms with Gasteiger partial charge in [-0.2, -0.15) is 0 Å². The third-order valence-electron chi connectivity index (χ3n) is 2.00. The monoisotopic (exact) mass is 190 g/mol. The highest BCUT2D eigenvalue weighted by molar-refractivity contribution is 6.44. The lowest BCUT2D eigenvalue weighted by Gasteiger charge is -2.17. The van der Waals surface area contributed by atoms with E-state index in [1.54, 1.807) is 0 Å². The summed E-state index contributed by atoms with van der Waals surface area (Å²) >= 11 is 0. The quantitative estimate of drug-likeness (QED) is 0.574. The molecule has 2 nitrogen and oxygen atoms in total. The Morgan fingerprint density at radius 3 is 1.92 bits per heavy atom. The van der Waals surface area contributed by atoms with Crippen molar-refractivity contribution in [3.05, 3.63) is 0 Å². The van der Waals surface area contributed by atoms with Crippen molar-refractivity contribution in [2.75, 3.05) is 13.2 Å². The molecule has 1 unspecified atom stereocenters. The average Bonchev–Trinajstić information content (AvgIpc) is 2.05. The maximum atomic E-state index is 5.57. The van der Waals surface area contributed by atoms with Gasteiger partial charge in [-0.25, -0.2) is 0 Å². The summed E-state index contributed by atoms with van der Waals surface area (Å²) in [5.41, 5.74) is 0. The van der Waals surface area contributed by atoms with Crippen LogP contribution in [0.1, 0.15) is 34.1 Å². The zero-order chi connectivity index (χ0) is 9.40. The lowest BCUT2D eigenvalue weighted by Crippen LogP contribution is -2.25. The molecule has 0 fully saturated rings. The van der Waals surface area contributed by atoms with E-state index in [4.69, 9.17) is 8.85 Å². The van der Waals surface area contributed by atoms with Gasteiger partial charge in [0.2, 0.25) is 0 Å². The molecule has 0 saturated carbocycles. The summed E-state index contributed by atoms with van der Waals surface area (Å²) < 4.78 is 11.1. The van der Waals surface area contributed by atoms with Crippen LogP contribution in [0.2, 0.25) is 6.04 Å². The van der Waals surface area contributed by atoms with Gasteiger partial charge in [-0.3, -0.25) is 0 Å². The molecule has 74 valence electrons. The van der Waals surface area contributed by atoms with Gasteiger partial charge in [0.15, 0.2) is 0 Å². The van der Waals surface area contributed by atoms with Crippen LogP contribution in [-0.2, 0) is 8.85 Å². The summed E-state index contributed by atoms with van der Waals surface area (Å²) in [6.07, 6.45) is 1.23. The second-order valence-electron chi connectivity index (χ2n) is 3.09. The molecule has 3 heteroatoms. The van der Waals surface area contributed by atoms with Gasteiger partial charge in [0.1, 0.15) is 0 Å². The molecule has 12 heavy (non-hydrogen) atoms. The molecule has 0 aliphatic heterocycles. The Morgan fingerprint density at radius 1 is 1.08 bits per heavy atom. The Balaban J connectivity index is 3.61. The third-order valence-corrected chi connectivity index (χ3v) is 4.60. The van der Waals surface area contributed by atoms with E-state index in [1.807, 2.05) is 13.8 Å². The lowest BCUT2D eigenvalue weighted by molar-refractivity contribution is 0.208. The minimum absolute atomic E-state index is 0.750. The molecule has 0 N–H and O–H groups in total. The van der Waals surface area contributed by atoms with Crippen LogP contribution in [0, 0.1) is 5.92 Å². The maximum absolute atomic E-state index is 5.57. The van der Waals surface area contributed by atoms with Gasteiger partial charge >= 0.3 is 9.28 Å². The topological polar surface area (TPSA) is 18.5 Å². The molecule has 1 atom stereocenters. The van der Waals surface area contributed by atoms with Crippen molar-refractivity contribution in [3.8, 4) is 0 Å². The zero-order valence-corrected chi connectivity index (χ0v) is 9.95. The van der Waals surface area contributed by atoms with Gasteiger partial charge in [-0.1, -0.05) is 20.3 Å². The number of hydrogen-bond acceptors (Lipinski definition) is 2. The Kier molecular flexibility index (Phi) is 7.86. The van der Waals surface area contributed by atoms with Crippen molar-refractivity contribution in [2.45, 2.75) is 40.2 Å². The molecule has 0 aromatic rings. The number of rotatable bonds is 7. The second-order valence-corrected chi connectivity index (χ2v) is 5.09. The SMILES string of the molecule is CCO[SiH](CC(C)CC)OCC. The second kappa shape index (κ2) is 7.77. The standard InChI is InChI=1S/C9H22O2Si/c1-5-9(4)8-12(10-6-2)11-7-3/h9,12H,5-8H2,1-4H3. The molecule has 0 spiro atoms. The lowest BCUT2D eigenvalue weighted by atomic mass is 10.2. The molecule has 0 amide bonds. The first-order valence-corrected chi connectivity index (χ1v) is 6.73. The van der Waals surface area contributed by atoms with Crippen LogP contribution < -0.4 is 0 Å². The molecule has 0 aromatic heterocycles. The summed E-state index contributed by atoms with van der Waals surface area (Å²) in [5, 5.41) is 0. The molecule has 0 aliphatic carbocycles. The van der Waals surface area contributed by atoms with Gasteiger partial charge in [-0.15, -0.1) is 0 Å². The fourth-order valence-corrected chi connectivity index (χ4v) is 3.15. The molecule has 0 bridgehead atoms. The molecule has 0 heterocycles. The van der Waals surface area contributed by atoms with Crippen LogP contribution >= 0.6 is 0 Å². The van der Waals surface area contributed by atoms with E-state index in [-0.39, 0.29) is 0 Å². The highest BCUT2D eigenvalue weighted by Gasteiger charge is 2.14. The van der Waals surface area contributed by atoms with Crippen LogP contribution in [0.4, 0.5) is 0 Å². The van der Waals surface area contributed by atoms with E-state index in [9.17, 15) is 0 Å². The third kappa shape index (κ3) is 5.74. The van der Waals surface area contributed by atoms with E-state index < -0.39 is 9.28 Å². The Morgan fingerprint density at radius 2 is 1.58 bits per heavy atom. The molecule has 0 aliphatic rings. The first-order valence-electron chi connectivity index (χ1n) is 4.97. The van der Waals surface area contributed by atoms with E-state index in [2.05, 4.69) is 13.8 Å². The molecule has 0 radical (unpaired) electrons. The van der Waals surface area contributed by atoms with Crippen molar-refractivity contribution in [3.63, 3.8) is 0 Å². The summed E-state index contributed by atoms with van der Waals surface area (Å²) in [7, 11) is -1.31. The minimum Gasteiger partial charge on any atom is -0.397 e. The Hall–Kier alpha value is 0.137. The first kappa shape index (κ1) is 12.1. The smallest absolute Gasteiger partial charge is 0.321 e. The fraction of sp³-hybridized carbons (Fsp3) is 1.00. The fourth-order valence-electron chi connectivity index (χ4n) is 1.05. The van der Waals surface area contributed by atoms with Crippen LogP contribution in [-0.4, -0.2) is 22.5 Å². The number of hydrogen-bond donors (Lipinski definition) is 0. The van der Waals surface area contributed by atoms with Crippen molar-refractivity contribution in [2.24, 2.45) is 5.92 Å². The van der Waals surface area contributed by atoms with Gasteiger partial charge in [0, 0.05) is 13.2 Å². The van der Waals surface area contributed by atoms with Crippen molar-refractivity contribution in [1.29, 1.82) is 0 Å². The average molecular weight is 190 g/mol. The van der Waals surface area contributed by atoms with Gasteiger partial charge in [0.05, 0.1) is 0 Å². The zero-order valence-electron chi connectivity index (χ0n) is 8.80. The Bertz CT molecular complexity index is 92.5. The van der Waals surface area contributed by atoms with Gasteiger partial charge < -0.3 is 8.85 Å². The molecular weight excluding hydrogens is 168 g/mol. The minimum atomic E-state index is -1.31. The highest BCUT2D eigenvalue weighted by Crippen LogP contribution is 2.11. The van der Waals surface area contributed by atoms with E-state index >= 15 is 0 Å². The van der Waals surface area contributed by atoms with Crippen molar-refractivity contribution < 1.29 is 8.85 Å². The summed E-state index contributed by atoms with van der Waals surface area (Å²) in [6, 6.07) is 1.15.